The highest BCUT2D eigenvalue weighted by Gasteiger charge is 2.16. The summed E-state index contributed by atoms with van der Waals surface area (Å²) in [6, 6.07) is 0. The van der Waals surface area contributed by atoms with Gasteiger partial charge in [-0.25, -0.2) is 4.79 Å². The minimum Gasteiger partial charge on any atom is -0.444 e. The van der Waals surface area contributed by atoms with Gasteiger partial charge in [0.05, 0.1) is 0 Å². The molecule has 5 heteroatoms. The number of nitrogens with two attached hydrogens (primary N) is 1. The summed E-state index contributed by atoms with van der Waals surface area (Å²) in [5.74, 6) is 5.42. The molecule has 0 aromatic carbocycles. The molecule has 0 radical (unpaired) electrons. The van der Waals surface area contributed by atoms with Crippen molar-refractivity contribution in [2.24, 2.45) is 10.9 Å². The van der Waals surface area contributed by atoms with Gasteiger partial charge in [-0.05, 0) is 20.8 Å². The van der Waals surface area contributed by atoms with Crippen molar-refractivity contribution in [3.05, 3.63) is 0 Å². The van der Waals surface area contributed by atoms with Gasteiger partial charge in [-0.2, -0.15) is 5.10 Å². The van der Waals surface area contributed by atoms with E-state index in [1.54, 1.807) is 20.8 Å². The van der Waals surface area contributed by atoms with Gasteiger partial charge in [0.2, 0.25) is 0 Å². The summed E-state index contributed by atoms with van der Waals surface area (Å²) in [5.41, 5.74) is -0.502. The van der Waals surface area contributed by atoms with Crippen molar-refractivity contribution >= 4 is 11.9 Å². The first-order valence-corrected chi connectivity index (χ1v) is 4.15. The third-order valence-electron chi connectivity index (χ3n) is 1.14. The molecule has 0 aliphatic heterocycles. The van der Waals surface area contributed by atoms with Gasteiger partial charge in [0, 0.05) is 6.42 Å². The van der Waals surface area contributed by atoms with Gasteiger partial charge in [-0.15, -0.1) is 0 Å². The van der Waals surface area contributed by atoms with Crippen LogP contribution < -0.4 is 11.2 Å². The number of rotatable bonds is 1. The first-order chi connectivity index (χ1) is 5.89. The zero-order chi connectivity index (χ0) is 10.5. The van der Waals surface area contributed by atoms with Crippen LogP contribution in [-0.4, -0.2) is 17.5 Å². The Morgan fingerprint density at radius 2 is 2.08 bits per heavy atom. The Balaban J connectivity index is 4.02. The number of hydrogen-bond acceptors (Lipinski definition) is 4. The number of nitrogens with one attached hydrogen (secondary N) is 1. The second-order valence-corrected chi connectivity index (χ2v) is 3.56. The average Bonchev–Trinajstić information content (AvgIpc) is 1.96. The predicted molar refractivity (Wildman–Crippen MR) is 51.3 cm³/mol. The van der Waals surface area contributed by atoms with Crippen molar-refractivity contribution in [1.29, 1.82) is 0 Å². The lowest BCUT2D eigenvalue weighted by Crippen LogP contribution is -2.36. The number of alkyl carbamates (subject to hydrolysis) is 1. The third-order valence-corrected chi connectivity index (χ3v) is 1.14. The van der Waals surface area contributed by atoms with E-state index in [0.29, 0.717) is 12.3 Å². The Morgan fingerprint density at radius 3 is 2.38 bits per heavy atom. The Labute approximate surface area is 78.3 Å². The SMILES string of the molecule is CC/C(=N\N)NC(=O)OC(C)(C)C. The van der Waals surface area contributed by atoms with E-state index in [0.717, 1.165) is 0 Å². The molecular weight excluding hydrogens is 170 g/mol. The molecule has 0 saturated heterocycles. The van der Waals surface area contributed by atoms with E-state index < -0.39 is 11.7 Å². The van der Waals surface area contributed by atoms with Crippen molar-refractivity contribution in [3.8, 4) is 0 Å². The Hall–Kier alpha value is -1.26. The lowest BCUT2D eigenvalue weighted by atomic mass is 10.2. The summed E-state index contributed by atoms with van der Waals surface area (Å²) in [6.07, 6.45) is 0.0361. The lowest BCUT2D eigenvalue weighted by Gasteiger charge is -2.19. The quantitative estimate of drug-likeness (QED) is 0.280. The normalized spacial score (nSPS) is 12.5. The van der Waals surface area contributed by atoms with E-state index in [-0.39, 0.29) is 0 Å². The summed E-state index contributed by atoms with van der Waals surface area (Å²) in [4.78, 5) is 11.1. The Morgan fingerprint density at radius 1 is 1.54 bits per heavy atom. The van der Waals surface area contributed by atoms with Crippen LogP contribution in [0.3, 0.4) is 0 Å². The fraction of sp³-hybridized carbons (Fsp3) is 0.750. The van der Waals surface area contributed by atoms with Gasteiger partial charge < -0.3 is 10.6 Å². The van der Waals surface area contributed by atoms with E-state index in [9.17, 15) is 4.79 Å². The molecule has 0 aliphatic rings. The molecule has 0 heterocycles. The molecule has 0 atom stereocenters. The van der Waals surface area contributed by atoms with Crippen molar-refractivity contribution in [2.45, 2.75) is 39.7 Å². The van der Waals surface area contributed by atoms with Gasteiger partial charge in [0.1, 0.15) is 11.4 Å². The molecule has 0 unspecified atom stereocenters. The maximum atomic E-state index is 11.1. The average molecular weight is 187 g/mol. The first-order valence-electron chi connectivity index (χ1n) is 4.15. The van der Waals surface area contributed by atoms with Crippen LogP contribution in [0.5, 0.6) is 0 Å². The molecule has 1 amide bonds. The van der Waals surface area contributed by atoms with Crippen molar-refractivity contribution in [2.75, 3.05) is 0 Å². The van der Waals surface area contributed by atoms with Crippen molar-refractivity contribution < 1.29 is 9.53 Å². The molecule has 0 spiro atoms. The van der Waals surface area contributed by atoms with Crippen LogP contribution in [0, 0.1) is 0 Å². The van der Waals surface area contributed by atoms with Crippen LogP contribution in [0.15, 0.2) is 5.10 Å². The monoisotopic (exact) mass is 187 g/mol. The van der Waals surface area contributed by atoms with E-state index in [4.69, 9.17) is 10.6 Å². The Bertz CT molecular complexity index is 206. The second kappa shape index (κ2) is 4.69. The largest absolute Gasteiger partial charge is 0.444 e. The van der Waals surface area contributed by atoms with Crippen LogP contribution >= 0.6 is 0 Å². The maximum Gasteiger partial charge on any atom is 0.413 e. The molecule has 3 N–H and O–H groups in total. The zero-order valence-electron chi connectivity index (χ0n) is 8.55. The number of amidine groups is 1. The Kier molecular flexibility index (Phi) is 4.23. The fourth-order valence-electron chi connectivity index (χ4n) is 0.633. The van der Waals surface area contributed by atoms with Crippen LogP contribution in [-0.2, 0) is 4.74 Å². The molecule has 13 heavy (non-hydrogen) atoms. The molecule has 0 aliphatic carbocycles. The highest BCUT2D eigenvalue weighted by molar-refractivity contribution is 5.95. The smallest absolute Gasteiger partial charge is 0.413 e. The summed E-state index contributed by atoms with van der Waals surface area (Å²) in [7, 11) is 0. The topological polar surface area (TPSA) is 76.7 Å². The molecule has 0 fully saturated rings. The van der Waals surface area contributed by atoms with Gasteiger partial charge in [-0.1, -0.05) is 6.92 Å². The third kappa shape index (κ3) is 5.95. The number of amides is 1. The van der Waals surface area contributed by atoms with Crippen molar-refractivity contribution in [3.63, 3.8) is 0 Å². The number of ether oxygens (including phenoxy) is 1. The molecule has 0 saturated carbocycles. The molecule has 0 bridgehead atoms. The number of hydrazone groups is 1. The lowest BCUT2D eigenvalue weighted by molar-refractivity contribution is 0.0562. The minimum atomic E-state index is -0.529. The number of carbonyl (C=O) groups excluding carboxylic acids is 1. The molecule has 76 valence electrons. The van der Waals surface area contributed by atoms with Gasteiger partial charge >= 0.3 is 6.09 Å². The van der Waals surface area contributed by atoms with E-state index in [2.05, 4.69) is 10.4 Å². The maximum absolute atomic E-state index is 11.1. The van der Waals surface area contributed by atoms with Crippen LogP contribution in [0.25, 0.3) is 0 Å². The van der Waals surface area contributed by atoms with Crippen molar-refractivity contribution in [1.82, 2.24) is 5.32 Å². The molecule has 5 nitrogen and oxygen atoms in total. The first kappa shape index (κ1) is 11.7. The van der Waals surface area contributed by atoms with Crippen LogP contribution in [0.1, 0.15) is 34.1 Å². The van der Waals surface area contributed by atoms with Crippen LogP contribution in [0.4, 0.5) is 4.79 Å². The number of hydrogen-bond donors (Lipinski definition) is 2. The van der Waals surface area contributed by atoms with E-state index in [1.807, 2.05) is 6.92 Å². The van der Waals surface area contributed by atoms with Gasteiger partial charge in [0.15, 0.2) is 0 Å². The number of nitrogens with zero attached hydrogens (tertiary/aromatic N) is 1. The van der Waals surface area contributed by atoms with Gasteiger partial charge in [0.25, 0.3) is 0 Å². The van der Waals surface area contributed by atoms with E-state index >= 15 is 0 Å². The molecule has 0 rings (SSSR count). The summed E-state index contributed by atoms with van der Waals surface area (Å²) in [6.45, 7) is 7.20. The highest BCUT2D eigenvalue weighted by Crippen LogP contribution is 2.06. The molecular formula is C8H17N3O2. The minimum absolute atomic E-state index is 0.411. The molecule has 0 aromatic heterocycles. The van der Waals surface area contributed by atoms with Gasteiger partial charge in [-0.3, -0.25) is 5.32 Å². The van der Waals surface area contributed by atoms with Crippen LogP contribution in [0.2, 0.25) is 0 Å². The summed E-state index contributed by atoms with van der Waals surface area (Å²) in [5, 5.41) is 5.82. The summed E-state index contributed by atoms with van der Waals surface area (Å²) >= 11 is 0. The zero-order valence-corrected chi connectivity index (χ0v) is 8.55. The summed E-state index contributed by atoms with van der Waals surface area (Å²) < 4.78 is 4.99. The number of carbonyl (C=O) groups is 1. The van der Waals surface area contributed by atoms with E-state index in [1.165, 1.54) is 0 Å². The second-order valence-electron chi connectivity index (χ2n) is 3.56. The predicted octanol–water partition coefficient (Wildman–Crippen LogP) is 1.19. The highest BCUT2D eigenvalue weighted by atomic mass is 16.6. The fourth-order valence-corrected chi connectivity index (χ4v) is 0.633. The standard InChI is InChI=1S/C8H17N3O2/c1-5-6(11-9)10-7(12)13-8(2,3)4/h5,9H2,1-4H3,(H,10,11,12). The molecule has 0 aromatic rings.